The SMILES string of the molecule is CCCCCCCCNc1ccc(C(=O)Nc2cc(C(=O)NCCCC)ccc2SC)cc1. The van der Waals surface area contributed by atoms with Crippen LogP contribution in [0.1, 0.15) is 85.9 Å². The average molecular weight is 470 g/mol. The lowest BCUT2D eigenvalue weighted by molar-refractivity contribution is 0.0951. The highest BCUT2D eigenvalue weighted by Crippen LogP contribution is 2.27. The summed E-state index contributed by atoms with van der Waals surface area (Å²) in [7, 11) is 0. The fourth-order valence-electron chi connectivity index (χ4n) is 3.50. The zero-order valence-electron chi connectivity index (χ0n) is 20.3. The molecule has 0 unspecified atom stereocenters. The van der Waals surface area contributed by atoms with Crippen LogP contribution in [0.2, 0.25) is 0 Å². The Morgan fingerprint density at radius 3 is 2.12 bits per heavy atom. The van der Waals surface area contributed by atoms with Crippen LogP contribution in [0.4, 0.5) is 11.4 Å². The Kier molecular flexibility index (Phi) is 12.5. The Morgan fingerprint density at radius 2 is 1.42 bits per heavy atom. The Morgan fingerprint density at radius 1 is 0.758 bits per heavy atom. The van der Waals surface area contributed by atoms with Gasteiger partial charge < -0.3 is 16.0 Å². The number of carbonyl (C=O) groups is 2. The minimum absolute atomic E-state index is 0.118. The first kappa shape index (κ1) is 26.8. The second-order valence-corrected chi connectivity index (χ2v) is 9.10. The molecule has 2 aromatic rings. The second kappa shape index (κ2) is 15.4. The molecule has 0 aliphatic carbocycles. The smallest absolute Gasteiger partial charge is 0.255 e. The zero-order valence-corrected chi connectivity index (χ0v) is 21.2. The molecule has 0 fully saturated rings. The van der Waals surface area contributed by atoms with E-state index in [9.17, 15) is 9.59 Å². The lowest BCUT2D eigenvalue weighted by Gasteiger charge is -2.13. The Bertz CT molecular complexity index is 868. The van der Waals surface area contributed by atoms with E-state index < -0.39 is 0 Å². The van der Waals surface area contributed by atoms with Gasteiger partial charge in [0, 0.05) is 34.8 Å². The van der Waals surface area contributed by atoms with E-state index >= 15 is 0 Å². The van der Waals surface area contributed by atoms with Crippen molar-refractivity contribution >= 4 is 35.0 Å². The highest BCUT2D eigenvalue weighted by Gasteiger charge is 2.13. The van der Waals surface area contributed by atoms with Crippen molar-refractivity contribution in [3.8, 4) is 0 Å². The first-order valence-corrected chi connectivity index (χ1v) is 13.4. The molecule has 180 valence electrons. The van der Waals surface area contributed by atoms with Crippen LogP contribution in [-0.4, -0.2) is 31.2 Å². The molecule has 5 nitrogen and oxygen atoms in total. The standard InChI is InChI=1S/C27H39N3O2S/c1-4-6-8-9-10-11-19-28-23-15-12-21(13-16-23)27(32)30-24-20-22(14-17-25(24)33-3)26(31)29-18-7-5-2/h12-17,20,28H,4-11,18-19H2,1-3H3,(H,29,31)(H,30,32). The number of amides is 2. The minimum Gasteiger partial charge on any atom is -0.385 e. The van der Waals surface area contributed by atoms with Crippen LogP contribution in [0.3, 0.4) is 0 Å². The van der Waals surface area contributed by atoms with E-state index in [-0.39, 0.29) is 11.8 Å². The van der Waals surface area contributed by atoms with Crippen molar-refractivity contribution in [2.45, 2.75) is 70.1 Å². The number of anilines is 2. The number of hydrogen-bond donors (Lipinski definition) is 3. The Labute approximate surface area is 203 Å². The van der Waals surface area contributed by atoms with Crippen LogP contribution in [0, 0.1) is 0 Å². The van der Waals surface area contributed by atoms with Crippen molar-refractivity contribution in [3.63, 3.8) is 0 Å². The monoisotopic (exact) mass is 469 g/mol. The summed E-state index contributed by atoms with van der Waals surface area (Å²) in [4.78, 5) is 26.2. The molecule has 0 atom stereocenters. The van der Waals surface area contributed by atoms with E-state index in [0.29, 0.717) is 23.4 Å². The molecule has 0 aliphatic rings. The highest BCUT2D eigenvalue weighted by molar-refractivity contribution is 7.98. The van der Waals surface area contributed by atoms with Gasteiger partial charge in [-0.3, -0.25) is 9.59 Å². The van der Waals surface area contributed by atoms with Crippen molar-refractivity contribution in [1.82, 2.24) is 5.32 Å². The van der Waals surface area contributed by atoms with E-state index in [1.807, 2.05) is 36.6 Å². The van der Waals surface area contributed by atoms with Gasteiger partial charge in [-0.1, -0.05) is 52.4 Å². The molecule has 0 aromatic heterocycles. The number of unbranched alkanes of at least 4 members (excludes halogenated alkanes) is 6. The third-order valence-corrected chi connectivity index (χ3v) is 6.33. The fourth-order valence-corrected chi connectivity index (χ4v) is 4.03. The molecule has 2 amide bonds. The molecule has 33 heavy (non-hydrogen) atoms. The van der Waals surface area contributed by atoms with Gasteiger partial charge in [-0.05, 0) is 61.6 Å². The van der Waals surface area contributed by atoms with Crippen LogP contribution in [-0.2, 0) is 0 Å². The van der Waals surface area contributed by atoms with Gasteiger partial charge in [0.2, 0.25) is 0 Å². The first-order valence-electron chi connectivity index (χ1n) is 12.2. The van der Waals surface area contributed by atoms with Crippen LogP contribution in [0.5, 0.6) is 0 Å². The number of nitrogens with one attached hydrogen (secondary N) is 3. The van der Waals surface area contributed by atoms with Gasteiger partial charge in [0.15, 0.2) is 0 Å². The summed E-state index contributed by atoms with van der Waals surface area (Å²) < 4.78 is 0. The van der Waals surface area contributed by atoms with Gasteiger partial charge in [-0.15, -0.1) is 11.8 Å². The topological polar surface area (TPSA) is 70.2 Å². The Balaban J connectivity index is 1.91. The molecule has 0 aliphatic heterocycles. The maximum absolute atomic E-state index is 12.8. The molecular formula is C27H39N3O2S. The van der Waals surface area contributed by atoms with Gasteiger partial charge in [0.05, 0.1) is 5.69 Å². The quantitative estimate of drug-likeness (QED) is 0.195. The summed E-state index contributed by atoms with van der Waals surface area (Å²) in [5, 5.41) is 9.33. The van der Waals surface area contributed by atoms with Crippen LogP contribution in [0.15, 0.2) is 47.4 Å². The summed E-state index contributed by atoms with van der Waals surface area (Å²) in [6.07, 6.45) is 11.6. The molecule has 0 spiro atoms. The molecule has 3 N–H and O–H groups in total. The van der Waals surface area contributed by atoms with E-state index in [4.69, 9.17) is 0 Å². The average Bonchev–Trinajstić information content (AvgIpc) is 2.84. The lowest BCUT2D eigenvalue weighted by Crippen LogP contribution is -2.24. The molecule has 2 rings (SSSR count). The number of thioether (sulfide) groups is 1. The minimum atomic E-state index is -0.184. The summed E-state index contributed by atoms with van der Waals surface area (Å²) in [5.74, 6) is -0.302. The number of carbonyl (C=O) groups excluding carboxylic acids is 2. The predicted octanol–water partition coefficient (Wildman–Crippen LogP) is 6.96. The van der Waals surface area contributed by atoms with Crippen molar-refractivity contribution in [3.05, 3.63) is 53.6 Å². The van der Waals surface area contributed by atoms with Crippen molar-refractivity contribution in [2.75, 3.05) is 30.0 Å². The zero-order chi connectivity index (χ0) is 23.9. The highest BCUT2D eigenvalue weighted by atomic mass is 32.2. The molecule has 2 aromatic carbocycles. The van der Waals surface area contributed by atoms with Gasteiger partial charge in [0.1, 0.15) is 0 Å². The van der Waals surface area contributed by atoms with Crippen LogP contribution < -0.4 is 16.0 Å². The number of hydrogen-bond acceptors (Lipinski definition) is 4. The summed E-state index contributed by atoms with van der Waals surface area (Å²) in [6, 6.07) is 13.0. The predicted molar refractivity (Wildman–Crippen MR) is 142 cm³/mol. The molecule has 0 bridgehead atoms. The van der Waals surface area contributed by atoms with Gasteiger partial charge in [-0.25, -0.2) is 0 Å². The third-order valence-electron chi connectivity index (χ3n) is 5.53. The molecule has 0 radical (unpaired) electrons. The largest absolute Gasteiger partial charge is 0.385 e. The normalized spacial score (nSPS) is 10.6. The summed E-state index contributed by atoms with van der Waals surface area (Å²) in [5.41, 5.74) is 2.81. The van der Waals surface area contributed by atoms with Crippen molar-refractivity contribution in [1.29, 1.82) is 0 Å². The van der Waals surface area contributed by atoms with E-state index in [0.717, 1.165) is 36.4 Å². The Hall–Kier alpha value is -2.47. The van der Waals surface area contributed by atoms with Gasteiger partial charge >= 0.3 is 0 Å². The number of rotatable bonds is 15. The lowest BCUT2D eigenvalue weighted by atomic mass is 10.1. The van der Waals surface area contributed by atoms with E-state index in [1.165, 1.54) is 43.9 Å². The van der Waals surface area contributed by atoms with Crippen LogP contribution in [0.25, 0.3) is 0 Å². The third kappa shape index (κ3) is 9.50. The first-order chi connectivity index (χ1) is 16.1. The summed E-state index contributed by atoms with van der Waals surface area (Å²) >= 11 is 1.54. The summed E-state index contributed by atoms with van der Waals surface area (Å²) in [6.45, 7) is 5.92. The number of benzene rings is 2. The van der Waals surface area contributed by atoms with E-state index in [2.05, 4.69) is 29.8 Å². The molecule has 6 heteroatoms. The van der Waals surface area contributed by atoms with Gasteiger partial charge in [-0.2, -0.15) is 0 Å². The second-order valence-electron chi connectivity index (χ2n) is 8.25. The molecule has 0 saturated carbocycles. The van der Waals surface area contributed by atoms with Crippen LogP contribution >= 0.6 is 11.8 Å². The van der Waals surface area contributed by atoms with E-state index in [1.54, 1.807) is 12.1 Å². The van der Waals surface area contributed by atoms with Crippen molar-refractivity contribution < 1.29 is 9.59 Å². The maximum Gasteiger partial charge on any atom is 0.255 e. The molecular weight excluding hydrogens is 430 g/mol. The van der Waals surface area contributed by atoms with Gasteiger partial charge in [0.25, 0.3) is 11.8 Å². The van der Waals surface area contributed by atoms with Crippen molar-refractivity contribution in [2.24, 2.45) is 0 Å². The molecule has 0 saturated heterocycles. The maximum atomic E-state index is 12.8. The fraction of sp³-hybridized carbons (Fsp3) is 0.481. The molecule has 0 heterocycles.